The van der Waals surface area contributed by atoms with Crippen molar-refractivity contribution < 1.29 is 19.4 Å². The predicted octanol–water partition coefficient (Wildman–Crippen LogP) is 2.40. The first-order chi connectivity index (χ1) is 9.02. The molecule has 5 nitrogen and oxygen atoms in total. The number of carbonyl (C=O) groups excluding carboxylic acids is 1. The first kappa shape index (κ1) is 13.8. The predicted molar refractivity (Wildman–Crippen MR) is 70.6 cm³/mol. The Morgan fingerprint density at radius 3 is 2.84 bits per heavy atom. The summed E-state index contributed by atoms with van der Waals surface area (Å²) in [6.45, 7) is 2.48. The van der Waals surface area contributed by atoms with E-state index in [4.69, 9.17) is 21.4 Å². The third-order valence-corrected chi connectivity index (χ3v) is 3.23. The molecule has 0 radical (unpaired) electrons. The minimum absolute atomic E-state index is 0.00114. The molecule has 1 aromatic carbocycles. The van der Waals surface area contributed by atoms with E-state index in [-0.39, 0.29) is 28.5 Å². The fourth-order valence-electron chi connectivity index (χ4n) is 1.85. The first-order valence-electron chi connectivity index (χ1n) is 5.98. The van der Waals surface area contributed by atoms with Gasteiger partial charge in [0.25, 0.3) is 0 Å². The third-order valence-electron chi connectivity index (χ3n) is 2.92. The van der Waals surface area contributed by atoms with Crippen molar-refractivity contribution in [3.05, 3.63) is 28.8 Å². The van der Waals surface area contributed by atoms with Gasteiger partial charge in [-0.2, -0.15) is 0 Å². The zero-order valence-corrected chi connectivity index (χ0v) is 11.1. The molecule has 1 aliphatic rings. The smallest absolute Gasteiger partial charge is 0.337 e. The van der Waals surface area contributed by atoms with Crippen molar-refractivity contribution in [2.75, 3.05) is 11.9 Å². The number of ether oxygens (including phenoxy) is 1. The van der Waals surface area contributed by atoms with Gasteiger partial charge in [-0.25, -0.2) is 4.79 Å². The quantitative estimate of drug-likeness (QED) is 0.870. The molecule has 2 unspecified atom stereocenters. The van der Waals surface area contributed by atoms with Gasteiger partial charge in [0.1, 0.15) is 0 Å². The van der Waals surface area contributed by atoms with Crippen LogP contribution in [0.4, 0.5) is 5.69 Å². The van der Waals surface area contributed by atoms with Crippen LogP contribution in [0.2, 0.25) is 5.02 Å². The number of hydrogen-bond acceptors (Lipinski definition) is 3. The number of carboxylic acid groups (broad SMARTS) is 1. The summed E-state index contributed by atoms with van der Waals surface area (Å²) in [6, 6.07) is 4.32. The fraction of sp³-hybridized carbons (Fsp3) is 0.385. The van der Waals surface area contributed by atoms with Crippen LogP contribution >= 0.6 is 11.6 Å². The van der Waals surface area contributed by atoms with Crippen LogP contribution in [0.15, 0.2) is 18.2 Å². The molecule has 1 amide bonds. The van der Waals surface area contributed by atoms with E-state index >= 15 is 0 Å². The molecule has 0 aliphatic heterocycles. The van der Waals surface area contributed by atoms with Crippen LogP contribution in [0, 0.1) is 5.92 Å². The van der Waals surface area contributed by atoms with Crippen LogP contribution in [0.5, 0.6) is 0 Å². The minimum Gasteiger partial charge on any atom is -0.478 e. The van der Waals surface area contributed by atoms with Gasteiger partial charge in [-0.1, -0.05) is 11.6 Å². The molecule has 0 spiro atoms. The molecule has 1 aromatic rings. The Morgan fingerprint density at radius 1 is 1.53 bits per heavy atom. The monoisotopic (exact) mass is 283 g/mol. The summed E-state index contributed by atoms with van der Waals surface area (Å²) < 4.78 is 5.33. The average molecular weight is 284 g/mol. The lowest BCUT2D eigenvalue weighted by Crippen LogP contribution is -2.16. The highest BCUT2D eigenvalue weighted by molar-refractivity contribution is 6.33. The van der Waals surface area contributed by atoms with Gasteiger partial charge < -0.3 is 15.2 Å². The second-order valence-corrected chi connectivity index (χ2v) is 4.73. The zero-order chi connectivity index (χ0) is 14.0. The Balaban J connectivity index is 1.99. The van der Waals surface area contributed by atoms with Gasteiger partial charge in [0.05, 0.1) is 22.6 Å². The van der Waals surface area contributed by atoms with Crippen molar-refractivity contribution >= 4 is 29.2 Å². The van der Waals surface area contributed by atoms with Gasteiger partial charge in [0.2, 0.25) is 5.91 Å². The number of carbonyl (C=O) groups is 2. The van der Waals surface area contributed by atoms with Gasteiger partial charge in [-0.15, -0.1) is 0 Å². The van der Waals surface area contributed by atoms with E-state index in [0.717, 1.165) is 6.42 Å². The molecule has 2 N–H and O–H groups in total. The molecule has 102 valence electrons. The maximum absolute atomic E-state index is 11.8. The molecular weight excluding hydrogens is 270 g/mol. The van der Waals surface area contributed by atoms with E-state index in [1.54, 1.807) is 0 Å². The summed E-state index contributed by atoms with van der Waals surface area (Å²) in [6.07, 6.45) is 0.722. The maximum atomic E-state index is 11.8. The van der Waals surface area contributed by atoms with Crippen LogP contribution in [-0.4, -0.2) is 29.7 Å². The van der Waals surface area contributed by atoms with Crippen molar-refractivity contribution in [1.29, 1.82) is 0 Å². The van der Waals surface area contributed by atoms with Gasteiger partial charge >= 0.3 is 5.97 Å². The number of halogens is 1. The van der Waals surface area contributed by atoms with Gasteiger partial charge in [-0.05, 0) is 31.5 Å². The van der Waals surface area contributed by atoms with E-state index in [2.05, 4.69) is 5.32 Å². The largest absolute Gasteiger partial charge is 0.478 e. The maximum Gasteiger partial charge on any atom is 0.337 e. The van der Waals surface area contributed by atoms with Crippen molar-refractivity contribution in [2.45, 2.75) is 19.4 Å². The first-order valence-corrected chi connectivity index (χ1v) is 6.36. The zero-order valence-electron chi connectivity index (χ0n) is 10.4. The van der Waals surface area contributed by atoms with Gasteiger partial charge in [0.15, 0.2) is 0 Å². The van der Waals surface area contributed by atoms with Crippen LogP contribution < -0.4 is 5.32 Å². The molecular formula is C13H14ClNO4. The summed E-state index contributed by atoms with van der Waals surface area (Å²) in [4.78, 5) is 22.6. The molecule has 0 bridgehead atoms. The van der Waals surface area contributed by atoms with E-state index in [1.165, 1.54) is 18.2 Å². The number of anilines is 1. The number of rotatable bonds is 5. The van der Waals surface area contributed by atoms with Crippen molar-refractivity contribution in [1.82, 2.24) is 0 Å². The standard InChI is InChI=1S/C13H14ClNO4/c1-2-19-11-6-9(11)12(16)15-7-3-4-8(13(17)18)10(14)5-7/h3-5,9,11H,2,6H2,1H3,(H,15,16)(H,17,18). The third kappa shape index (κ3) is 3.24. The highest BCUT2D eigenvalue weighted by atomic mass is 35.5. The van der Waals surface area contributed by atoms with Crippen molar-refractivity contribution in [3.8, 4) is 0 Å². The topological polar surface area (TPSA) is 75.6 Å². The molecule has 0 heterocycles. The number of amides is 1. The highest BCUT2D eigenvalue weighted by Gasteiger charge is 2.43. The van der Waals surface area contributed by atoms with Crippen LogP contribution in [0.25, 0.3) is 0 Å². The molecule has 2 atom stereocenters. The molecule has 1 aliphatic carbocycles. The van der Waals surface area contributed by atoms with Gasteiger partial charge in [0, 0.05) is 12.3 Å². The Bertz CT molecular complexity index is 517. The molecule has 19 heavy (non-hydrogen) atoms. The highest BCUT2D eigenvalue weighted by Crippen LogP contribution is 2.35. The molecule has 6 heteroatoms. The number of nitrogens with one attached hydrogen (secondary N) is 1. The van der Waals surface area contributed by atoms with Crippen LogP contribution in [-0.2, 0) is 9.53 Å². The minimum atomic E-state index is -1.10. The van der Waals surface area contributed by atoms with E-state index in [1.807, 2.05) is 6.92 Å². The summed E-state index contributed by atoms with van der Waals surface area (Å²) in [5, 5.41) is 11.6. The Hall–Kier alpha value is -1.59. The summed E-state index contributed by atoms with van der Waals surface area (Å²) >= 11 is 5.82. The van der Waals surface area contributed by atoms with Gasteiger partial charge in [-0.3, -0.25) is 4.79 Å². The Morgan fingerprint density at radius 2 is 2.26 bits per heavy atom. The average Bonchev–Trinajstić information content (AvgIpc) is 3.08. The molecule has 1 saturated carbocycles. The SMILES string of the molecule is CCOC1CC1C(=O)Nc1ccc(C(=O)O)c(Cl)c1. The second kappa shape index (κ2) is 5.59. The normalized spacial score (nSPS) is 20.9. The number of carboxylic acids is 1. The van der Waals surface area contributed by atoms with E-state index < -0.39 is 5.97 Å². The fourth-order valence-corrected chi connectivity index (χ4v) is 2.11. The van der Waals surface area contributed by atoms with Crippen LogP contribution in [0.3, 0.4) is 0 Å². The molecule has 1 fully saturated rings. The summed E-state index contributed by atoms with van der Waals surface area (Å²) in [7, 11) is 0. The number of aromatic carboxylic acids is 1. The van der Waals surface area contributed by atoms with Crippen LogP contribution in [0.1, 0.15) is 23.7 Å². The number of benzene rings is 1. The second-order valence-electron chi connectivity index (χ2n) is 4.33. The Labute approximate surface area is 115 Å². The summed E-state index contributed by atoms with van der Waals surface area (Å²) in [5.74, 6) is -1.35. The molecule has 0 saturated heterocycles. The Kier molecular flexibility index (Phi) is 4.07. The molecule has 2 rings (SSSR count). The van der Waals surface area contributed by atoms with Crippen molar-refractivity contribution in [2.24, 2.45) is 5.92 Å². The number of hydrogen-bond donors (Lipinski definition) is 2. The van der Waals surface area contributed by atoms with E-state index in [9.17, 15) is 9.59 Å². The molecule has 0 aromatic heterocycles. The summed E-state index contributed by atoms with van der Waals surface area (Å²) in [5.41, 5.74) is 0.500. The van der Waals surface area contributed by atoms with Crippen molar-refractivity contribution in [3.63, 3.8) is 0 Å². The lowest BCUT2D eigenvalue weighted by molar-refractivity contribution is -0.118. The lowest BCUT2D eigenvalue weighted by atomic mass is 10.2. The van der Waals surface area contributed by atoms with E-state index in [0.29, 0.717) is 12.3 Å². The lowest BCUT2D eigenvalue weighted by Gasteiger charge is -2.06.